The number of rotatable bonds is 6. The Hall–Kier alpha value is -2.69. The zero-order valence-corrected chi connectivity index (χ0v) is 14.6. The highest BCUT2D eigenvalue weighted by Crippen LogP contribution is 2.60. The van der Waals surface area contributed by atoms with Crippen LogP contribution in [0.25, 0.3) is 0 Å². The monoisotopic (exact) mass is 358 g/mol. The maximum absolute atomic E-state index is 12.5. The van der Waals surface area contributed by atoms with Gasteiger partial charge in [0.05, 0.1) is 5.92 Å². The maximum Gasteiger partial charge on any atom is 0.310 e. The number of esters is 1. The Morgan fingerprint density at radius 3 is 2.46 bits per heavy atom. The van der Waals surface area contributed by atoms with Gasteiger partial charge in [0.15, 0.2) is 0 Å². The van der Waals surface area contributed by atoms with E-state index < -0.39 is 29.3 Å². The van der Waals surface area contributed by atoms with E-state index in [0.29, 0.717) is 11.5 Å². The second-order valence-electron chi connectivity index (χ2n) is 6.95. The number of benzene rings is 2. The fourth-order valence-corrected chi connectivity index (χ4v) is 3.14. The minimum Gasteiger partial charge on any atom is -0.461 e. The molecule has 2 aromatic rings. The van der Waals surface area contributed by atoms with Gasteiger partial charge >= 0.3 is 5.97 Å². The van der Waals surface area contributed by atoms with Crippen LogP contribution in [0.15, 0.2) is 66.8 Å². The Morgan fingerprint density at radius 1 is 1.08 bits per heavy atom. The number of allylic oxidation sites excluding steroid dienone is 1. The lowest BCUT2D eigenvalue weighted by atomic mass is 10.1. The number of ether oxygens (including phenoxy) is 2. The highest BCUT2D eigenvalue weighted by molar-refractivity contribution is 5.78. The molecule has 0 radical (unpaired) electrons. The first-order valence-electron chi connectivity index (χ1n) is 8.39. The van der Waals surface area contributed by atoms with E-state index in [4.69, 9.17) is 9.47 Å². The van der Waals surface area contributed by atoms with Crippen molar-refractivity contribution in [3.8, 4) is 11.5 Å². The first kappa shape index (κ1) is 18.1. The van der Waals surface area contributed by atoms with Crippen molar-refractivity contribution >= 4 is 5.97 Å². The number of carbonyl (C=O) groups excluding carboxylic acids is 1. The molecular weight excluding hydrogens is 338 g/mol. The van der Waals surface area contributed by atoms with Crippen LogP contribution in [0, 0.1) is 17.3 Å². The first-order chi connectivity index (χ1) is 12.4. The third-order valence-corrected chi connectivity index (χ3v) is 4.73. The molecule has 1 fully saturated rings. The topological polar surface area (TPSA) is 35.5 Å². The van der Waals surface area contributed by atoms with Crippen LogP contribution in [0.4, 0.5) is 8.78 Å². The van der Waals surface area contributed by atoms with Crippen LogP contribution in [0.3, 0.4) is 0 Å². The first-order valence-corrected chi connectivity index (χ1v) is 8.39. The summed E-state index contributed by atoms with van der Waals surface area (Å²) in [5, 5.41) is 0. The molecule has 2 atom stereocenters. The van der Waals surface area contributed by atoms with Crippen LogP contribution in [-0.4, -0.2) is 5.97 Å². The highest BCUT2D eigenvalue weighted by atomic mass is 19.3. The SMILES string of the molecule is CC1(C)[C@H](C(=O)OCc2cccc(Oc3ccccc3)c2)[C@@H]1C=C(F)F. The predicted molar refractivity (Wildman–Crippen MR) is 93.8 cm³/mol. The van der Waals surface area contributed by atoms with Gasteiger partial charge in [-0.3, -0.25) is 4.79 Å². The van der Waals surface area contributed by atoms with Gasteiger partial charge in [-0.15, -0.1) is 0 Å². The van der Waals surface area contributed by atoms with E-state index in [2.05, 4.69) is 0 Å². The van der Waals surface area contributed by atoms with Crippen molar-refractivity contribution in [2.75, 3.05) is 0 Å². The van der Waals surface area contributed by atoms with Crippen molar-refractivity contribution in [2.24, 2.45) is 17.3 Å². The van der Waals surface area contributed by atoms with Crippen LogP contribution in [-0.2, 0) is 16.1 Å². The van der Waals surface area contributed by atoms with Gasteiger partial charge < -0.3 is 9.47 Å². The normalized spacial score (nSPS) is 20.2. The van der Waals surface area contributed by atoms with Crippen molar-refractivity contribution in [1.82, 2.24) is 0 Å². The number of halogens is 2. The molecule has 136 valence electrons. The van der Waals surface area contributed by atoms with Gasteiger partial charge in [-0.1, -0.05) is 44.2 Å². The van der Waals surface area contributed by atoms with Gasteiger partial charge in [0.1, 0.15) is 18.1 Å². The average Bonchev–Trinajstić information content (AvgIpc) is 3.13. The summed E-state index contributed by atoms with van der Waals surface area (Å²) >= 11 is 0. The summed E-state index contributed by atoms with van der Waals surface area (Å²) in [6, 6.07) is 16.6. The van der Waals surface area contributed by atoms with Gasteiger partial charge in [-0.25, -0.2) is 0 Å². The fourth-order valence-electron chi connectivity index (χ4n) is 3.14. The smallest absolute Gasteiger partial charge is 0.310 e. The summed E-state index contributed by atoms with van der Waals surface area (Å²) in [7, 11) is 0. The zero-order chi connectivity index (χ0) is 18.7. The molecule has 0 aromatic heterocycles. The molecule has 0 bridgehead atoms. The summed E-state index contributed by atoms with van der Waals surface area (Å²) in [6.45, 7) is 3.65. The van der Waals surface area contributed by atoms with Gasteiger partial charge in [-0.2, -0.15) is 8.78 Å². The molecule has 3 nitrogen and oxygen atoms in total. The highest BCUT2D eigenvalue weighted by Gasteiger charge is 2.61. The van der Waals surface area contributed by atoms with E-state index >= 15 is 0 Å². The van der Waals surface area contributed by atoms with E-state index in [-0.39, 0.29) is 6.61 Å². The standard InChI is InChI=1S/C21H20F2O3/c1-21(2)17(12-18(22)23)19(21)20(24)25-13-14-7-6-10-16(11-14)26-15-8-4-3-5-9-15/h3-12,17,19H,13H2,1-2H3/t17-,19-/m0/s1. The molecule has 3 rings (SSSR count). The third-order valence-electron chi connectivity index (χ3n) is 4.73. The van der Waals surface area contributed by atoms with Crippen LogP contribution < -0.4 is 4.74 Å². The van der Waals surface area contributed by atoms with E-state index in [1.807, 2.05) is 48.5 Å². The molecule has 1 saturated carbocycles. The summed E-state index contributed by atoms with van der Waals surface area (Å²) in [5.41, 5.74) is 0.271. The Labute approximate surface area is 151 Å². The Bertz CT molecular complexity index is 811. The lowest BCUT2D eigenvalue weighted by molar-refractivity contribution is -0.147. The molecule has 26 heavy (non-hydrogen) atoms. The second-order valence-corrected chi connectivity index (χ2v) is 6.95. The molecule has 1 aliphatic carbocycles. The number of carbonyl (C=O) groups is 1. The van der Waals surface area contributed by atoms with Gasteiger partial charge in [-0.05, 0) is 41.3 Å². The predicted octanol–water partition coefficient (Wildman–Crippen LogP) is 5.57. The number of hydrogen-bond donors (Lipinski definition) is 0. The fraction of sp³-hybridized carbons (Fsp3) is 0.286. The van der Waals surface area contributed by atoms with Crippen molar-refractivity contribution < 1.29 is 23.0 Å². The zero-order valence-electron chi connectivity index (χ0n) is 14.6. The Balaban J connectivity index is 1.59. The van der Waals surface area contributed by atoms with E-state index in [9.17, 15) is 13.6 Å². The van der Waals surface area contributed by atoms with Crippen LogP contribution in [0.2, 0.25) is 0 Å². The molecule has 0 saturated heterocycles. The van der Waals surface area contributed by atoms with Crippen molar-refractivity contribution in [2.45, 2.75) is 20.5 Å². The summed E-state index contributed by atoms with van der Waals surface area (Å²) in [4.78, 5) is 12.2. The van der Waals surface area contributed by atoms with E-state index in [1.54, 1.807) is 19.9 Å². The van der Waals surface area contributed by atoms with Crippen LogP contribution >= 0.6 is 0 Å². The molecule has 0 N–H and O–H groups in total. The summed E-state index contributed by atoms with van der Waals surface area (Å²) < 4.78 is 36.0. The van der Waals surface area contributed by atoms with Gasteiger partial charge in [0.25, 0.3) is 6.08 Å². The van der Waals surface area contributed by atoms with E-state index in [0.717, 1.165) is 11.6 Å². The summed E-state index contributed by atoms with van der Waals surface area (Å²) in [6.07, 6.45) is -0.913. The molecule has 0 amide bonds. The molecule has 0 heterocycles. The van der Waals surface area contributed by atoms with Gasteiger partial charge in [0, 0.05) is 5.92 Å². The van der Waals surface area contributed by atoms with Crippen LogP contribution in [0.5, 0.6) is 11.5 Å². The molecule has 0 unspecified atom stereocenters. The van der Waals surface area contributed by atoms with E-state index in [1.165, 1.54) is 0 Å². The van der Waals surface area contributed by atoms with Gasteiger partial charge in [0.2, 0.25) is 0 Å². The third kappa shape index (κ3) is 4.10. The second kappa shape index (κ2) is 7.28. The number of para-hydroxylation sites is 1. The summed E-state index contributed by atoms with van der Waals surface area (Å²) in [5.74, 6) is -0.117. The molecule has 0 spiro atoms. The molecule has 5 heteroatoms. The molecule has 0 aliphatic heterocycles. The Morgan fingerprint density at radius 2 is 1.77 bits per heavy atom. The quantitative estimate of drug-likeness (QED) is 0.633. The van der Waals surface area contributed by atoms with Crippen molar-refractivity contribution in [3.05, 3.63) is 72.3 Å². The minimum absolute atomic E-state index is 0.0753. The molecule has 1 aliphatic rings. The molecule has 2 aromatic carbocycles. The largest absolute Gasteiger partial charge is 0.461 e. The maximum atomic E-state index is 12.5. The number of hydrogen-bond acceptors (Lipinski definition) is 3. The molecular formula is C21H20F2O3. The lowest BCUT2D eigenvalue weighted by Crippen LogP contribution is -2.10. The minimum atomic E-state index is -1.76. The van der Waals surface area contributed by atoms with Crippen molar-refractivity contribution in [1.29, 1.82) is 0 Å². The van der Waals surface area contributed by atoms with Crippen molar-refractivity contribution in [3.63, 3.8) is 0 Å². The Kier molecular flexibility index (Phi) is 5.07. The lowest BCUT2D eigenvalue weighted by Gasteiger charge is -2.09. The van der Waals surface area contributed by atoms with Crippen LogP contribution in [0.1, 0.15) is 19.4 Å². The average molecular weight is 358 g/mol.